The molecule has 2 aromatic rings. The van der Waals surface area contributed by atoms with Gasteiger partial charge in [0.15, 0.2) is 11.2 Å². The molecule has 0 aromatic carbocycles. The number of ether oxygens (including phenoxy) is 1. The van der Waals surface area contributed by atoms with Gasteiger partial charge in [0.05, 0.1) is 7.11 Å². The highest BCUT2D eigenvalue weighted by Crippen LogP contribution is 2.14. The van der Waals surface area contributed by atoms with Crippen LogP contribution in [-0.2, 0) is 7.05 Å². The van der Waals surface area contributed by atoms with Crippen LogP contribution < -0.4 is 10.4 Å². The monoisotopic (exact) mass is 192 g/mol. The van der Waals surface area contributed by atoms with Crippen LogP contribution in [0.3, 0.4) is 0 Å². The van der Waals surface area contributed by atoms with Gasteiger partial charge in [0.1, 0.15) is 0 Å². The van der Waals surface area contributed by atoms with Gasteiger partial charge < -0.3 is 4.74 Å². The number of hydrogen-bond donors (Lipinski definition) is 0. The minimum atomic E-state index is -0.408. The maximum absolute atomic E-state index is 11.3. The molecule has 6 nitrogen and oxygen atoms in total. The number of nitrogens with zero attached hydrogens (tertiary/aromatic N) is 4. The van der Waals surface area contributed by atoms with Gasteiger partial charge in [-0.1, -0.05) is 0 Å². The molecule has 2 rings (SSSR count). The van der Waals surface area contributed by atoms with E-state index in [9.17, 15) is 4.79 Å². The van der Waals surface area contributed by atoms with E-state index >= 15 is 0 Å². The molecule has 0 atom stereocenters. The summed E-state index contributed by atoms with van der Waals surface area (Å²) in [6.45, 7) is 0. The fourth-order valence-corrected chi connectivity index (χ4v) is 1.17. The molecule has 0 saturated carbocycles. The summed E-state index contributed by atoms with van der Waals surface area (Å²) < 4.78 is 6.26. The second kappa shape index (κ2) is 3.06. The van der Waals surface area contributed by atoms with Crippen molar-refractivity contribution in [2.45, 2.75) is 0 Å². The molecule has 2 aromatic heterocycles. The van der Waals surface area contributed by atoms with E-state index < -0.39 is 5.69 Å². The third-order valence-electron chi connectivity index (χ3n) is 1.88. The highest BCUT2D eigenvalue weighted by Gasteiger charge is 2.09. The minimum absolute atomic E-state index is 0.205. The summed E-state index contributed by atoms with van der Waals surface area (Å²) in [7, 11) is 3.03. The predicted molar refractivity (Wildman–Crippen MR) is 49.1 cm³/mol. The lowest BCUT2D eigenvalue weighted by Gasteiger charge is -2.04. The fourth-order valence-electron chi connectivity index (χ4n) is 1.17. The SMILES string of the molecule is COc1nc(=O)n(C)c2nccnc12. The first-order valence-corrected chi connectivity index (χ1v) is 3.96. The average Bonchev–Trinajstić information content (AvgIpc) is 2.23. The predicted octanol–water partition coefficient (Wildman–Crippen LogP) is -0.268. The molecule has 0 unspecified atom stereocenters. The normalized spacial score (nSPS) is 10.4. The maximum atomic E-state index is 11.3. The van der Waals surface area contributed by atoms with Crippen molar-refractivity contribution in [3.8, 4) is 5.88 Å². The van der Waals surface area contributed by atoms with Crippen LogP contribution in [0.5, 0.6) is 5.88 Å². The van der Waals surface area contributed by atoms with Crippen LogP contribution in [0.4, 0.5) is 0 Å². The van der Waals surface area contributed by atoms with Crippen LogP contribution in [0, 0.1) is 0 Å². The second-order valence-electron chi connectivity index (χ2n) is 2.69. The van der Waals surface area contributed by atoms with Gasteiger partial charge in [-0.3, -0.25) is 4.57 Å². The summed E-state index contributed by atoms with van der Waals surface area (Å²) in [5.74, 6) is 0.205. The summed E-state index contributed by atoms with van der Waals surface area (Å²) in [6.07, 6.45) is 3.04. The van der Waals surface area contributed by atoms with E-state index in [0.29, 0.717) is 11.2 Å². The van der Waals surface area contributed by atoms with E-state index in [-0.39, 0.29) is 5.88 Å². The van der Waals surface area contributed by atoms with Crippen LogP contribution in [0.25, 0.3) is 11.2 Å². The number of aromatic nitrogens is 4. The number of methoxy groups -OCH3 is 1. The molecular weight excluding hydrogens is 184 g/mol. The summed E-state index contributed by atoms with van der Waals surface area (Å²) >= 11 is 0. The van der Waals surface area contributed by atoms with Gasteiger partial charge in [-0.2, -0.15) is 4.98 Å². The van der Waals surface area contributed by atoms with Gasteiger partial charge >= 0.3 is 5.69 Å². The van der Waals surface area contributed by atoms with Crippen molar-refractivity contribution in [1.29, 1.82) is 0 Å². The molecule has 2 heterocycles. The third kappa shape index (κ3) is 1.12. The average molecular weight is 192 g/mol. The van der Waals surface area contributed by atoms with Crippen molar-refractivity contribution in [2.24, 2.45) is 7.05 Å². The zero-order chi connectivity index (χ0) is 10.1. The quantitative estimate of drug-likeness (QED) is 0.622. The first kappa shape index (κ1) is 8.61. The van der Waals surface area contributed by atoms with Gasteiger partial charge in [-0.15, -0.1) is 0 Å². The van der Waals surface area contributed by atoms with E-state index in [1.54, 1.807) is 7.05 Å². The Morgan fingerprint density at radius 2 is 2.07 bits per heavy atom. The maximum Gasteiger partial charge on any atom is 0.352 e. The Kier molecular flexibility index (Phi) is 1.88. The van der Waals surface area contributed by atoms with Crippen LogP contribution in [-0.4, -0.2) is 26.6 Å². The zero-order valence-corrected chi connectivity index (χ0v) is 7.76. The van der Waals surface area contributed by atoms with Crippen LogP contribution in [0.2, 0.25) is 0 Å². The van der Waals surface area contributed by atoms with Gasteiger partial charge in [-0.05, 0) is 0 Å². The first-order chi connectivity index (χ1) is 6.74. The minimum Gasteiger partial charge on any atom is -0.479 e. The topological polar surface area (TPSA) is 69.9 Å². The van der Waals surface area contributed by atoms with Crippen LogP contribution >= 0.6 is 0 Å². The smallest absolute Gasteiger partial charge is 0.352 e. The Labute approximate surface area is 79.2 Å². The van der Waals surface area contributed by atoms with E-state index in [2.05, 4.69) is 15.0 Å². The van der Waals surface area contributed by atoms with Crippen molar-refractivity contribution in [2.75, 3.05) is 7.11 Å². The Hall–Kier alpha value is -1.98. The summed E-state index contributed by atoms with van der Waals surface area (Å²) in [4.78, 5) is 23.1. The molecule has 0 spiro atoms. The highest BCUT2D eigenvalue weighted by molar-refractivity contribution is 5.74. The molecule has 0 saturated heterocycles. The lowest BCUT2D eigenvalue weighted by molar-refractivity contribution is 0.398. The molecule has 0 aliphatic carbocycles. The molecule has 0 bridgehead atoms. The second-order valence-corrected chi connectivity index (χ2v) is 2.69. The summed E-state index contributed by atoms with van der Waals surface area (Å²) in [6, 6.07) is 0. The number of hydrogen-bond acceptors (Lipinski definition) is 5. The number of rotatable bonds is 1. The zero-order valence-electron chi connectivity index (χ0n) is 7.76. The molecule has 0 amide bonds. The number of fused-ring (bicyclic) bond motifs is 1. The van der Waals surface area contributed by atoms with Gasteiger partial charge in [0.25, 0.3) is 0 Å². The Balaban J connectivity index is 2.97. The van der Waals surface area contributed by atoms with Gasteiger partial charge in [0, 0.05) is 19.4 Å². The third-order valence-corrected chi connectivity index (χ3v) is 1.88. The Morgan fingerprint density at radius 1 is 1.36 bits per heavy atom. The summed E-state index contributed by atoms with van der Waals surface area (Å²) in [5.41, 5.74) is 0.538. The van der Waals surface area contributed by atoms with Crippen molar-refractivity contribution < 1.29 is 4.74 Å². The molecule has 72 valence electrons. The van der Waals surface area contributed by atoms with E-state index in [1.807, 2.05) is 0 Å². The van der Waals surface area contributed by atoms with Crippen molar-refractivity contribution in [3.63, 3.8) is 0 Å². The molecular formula is C8H8N4O2. The van der Waals surface area contributed by atoms with Gasteiger partial charge in [0.2, 0.25) is 5.88 Å². The lowest BCUT2D eigenvalue weighted by atomic mass is 10.5. The van der Waals surface area contributed by atoms with E-state index in [1.165, 1.54) is 24.1 Å². The molecule has 0 fully saturated rings. The molecule has 0 aliphatic rings. The first-order valence-electron chi connectivity index (χ1n) is 3.96. The van der Waals surface area contributed by atoms with Gasteiger partial charge in [-0.25, -0.2) is 14.8 Å². The van der Waals surface area contributed by atoms with Crippen molar-refractivity contribution in [1.82, 2.24) is 19.5 Å². The molecule has 0 N–H and O–H groups in total. The highest BCUT2D eigenvalue weighted by atomic mass is 16.5. The summed E-state index contributed by atoms with van der Waals surface area (Å²) in [5, 5.41) is 0. The number of aryl methyl sites for hydroxylation is 1. The molecule has 0 radical (unpaired) electrons. The van der Waals surface area contributed by atoms with Crippen molar-refractivity contribution in [3.05, 3.63) is 22.9 Å². The largest absolute Gasteiger partial charge is 0.479 e. The van der Waals surface area contributed by atoms with Crippen LogP contribution in [0.15, 0.2) is 17.2 Å². The van der Waals surface area contributed by atoms with E-state index in [0.717, 1.165) is 0 Å². The molecule has 6 heteroatoms. The Bertz CT molecular complexity index is 534. The Morgan fingerprint density at radius 3 is 2.79 bits per heavy atom. The lowest BCUT2D eigenvalue weighted by Crippen LogP contribution is -2.21. The van der Waals surface area contributed by atoms with E-state index in [4.69, 9.17) is 4.74 Å². The molecule has 14 heavy (non-hydrogen) atoms. The molecule has 0 aliphatic heterocycles. The standard InChI is InChI=1S/C8H8N4O2/c1-12-6-5(9-3-4-10-6)7(14-2)11-8(12)13/h3-4H,1-2H3. The van der Waals surface area contributed by atoms with Crippen molar-refractivity contribution >= 4 is 11.2 Å². The fraction of sp³-hybridized carbons (Fsp3) is 0.250. The van der Waals surface area contributed by atoms with Crippen LogP contribution in [0.1, 0.15) is 0 Å².